The predicted molar refractivity (Wildman–Crippen MR) is 57.8 cm³/mol. The van der Waals surface area contributed by atoms with Gasteiger partial charge in [-0.1, -0.05) is 0 Å². The van der Waals surface area contributed by atoms with Gasteiger partial charge in [-0.25, -0.2) is 14.2 Å². The minimum atomic E-state index is -1.35. The molecule has 0 saturated heterocycles. The Hall–Kier alpha value is -1.89. The lowest BCUT2D eigenvalue weighted by molar-refractivity contribution is 0.0685. The standard InChI is InChI=1S/C9H5BrN2O4/c10-5-2-11-3-7-4(5)1-6(8(13)14)12(7)9(15)16/h1-3H,(H,13,14)(H,15,16). The quantitative estimate of drug-likeness (QED) is 0.836. The van der Waals surface area contributed by atoms with E-state index >= 15 is 0 Å². The van der Waals surface area contributed by atoms with Crippen LogP contribution in [0.4, 0.5) is 4.79 Å². The minimum absolute atomic E-state index is 0.235. The molecule has 2 rings (SSSR count). The Morgan fingerprint density at radius 2 is 2.00 bits per heavy atom. The van der Waals surface area contributed by atoms with Crippen LogP contribution in [-0.2, 0) is 0 Å². The zero-order chi connectivity index (χ0) is 11.9. The van der Waals surface area contributed by atoms with Crippen molar-refractivity contribution in [1.29, 1.82) is 0 Å². The first-order valence-corrected chi connectivity index (χ1v) is 4.93. The topological polar surface area (TPSA) is 92.4 Å². The van der Waals surface area contributed by atoms with Crippen molar-refractivity contribution in [2.75, 3.05) is 0 Å². The molecule has 0 aromatic carbocycles. The maximum Gasteiger partial charge on any atom is 0.416 e. The number of carboxylic acid groups (broad SMARTS) is 2. The van der Waals surface area contributed by atoms with Crippen molar-refractivity contribution >= 4 is 38.9 Å². The van der Waals surface area contributed by atoms with Gasteiger partial charge in [0.1, 0.15) is 5.69 Å². The summed E-state index contributed by atoms with van der Waals surface area (Å²) in [6.45, 7) is 0. The van der Waals surface area contributed by atoms with E-state index in [-0.39, 0.29) is 11.2 Å². The van der Waals surface area contributed by atoms with E-state index in [0.29, 0.717) is 14.4 Å². The summed E-state index contributed by atoms with van der Waals surface area (Å²) in [6, 6.07) is 1.29. The Morgan fingerprint density at radius 1 is 1.31 bits per heavy atom. The van der Waals surface area contributed by atoms with Gasteiger partial charge in [-0.15, -0.1) is 0 Å². The molecular weight excluding hydrogens is 280 g/mol. The third-order valence-corrected chi connectivity index (χ3v) is 2.72. The fourth-order valence-corrected chi connectivity index (χ4v) is 1.89. The molecule has 2 N–H and O–H groups in total. The summed E-state index contributed by atoms with van der Waals surface area (Å²) in [6.07, 6.45) is 1.42. The molecule has 16 heavy (non-hydrogen) atoms. The molecule has 0 aliphatic heterocycles. The number of aromatic nitrogens is 2. The van der Waals surface area contributed by atoms with Crippen LogP contribution in [0, 0.1) is 0 Å². The van der Waals surface area contributed by atoms with Gasteiger partial charge >= 0.3 is 12.1 Å². The monoisotopic (exact) mass is 284 g/mol. The molecule has 2 aromatic heterocycles. The SMILES string of the molecule is O=C(O)c1cc2c(Br)cncc2n1C(=O)O. The van der Waals surface area contributed by atoms with Crippen molar-refractivity contribution < 1.29 is 19.8 Å². The molecule has 6 nitrogen and oxygen atoms in total. The van der Waals surface area contributed by atoms with Crippen molar-refractivity contribution in [1.82, 2.24) is 9.55 Å². The average Bonchev–Trinajstić information content (AvgIpc) is 2.58. The van der Waals surface area contributed by atoms with Crippen LogP contribution >= 0.6 is 15.9 Å². The molecule has 0 fully saturated rings. The molecule has 0 aliphatic carbocycles. The van der Waals surface area contributed by atoms with E-state index in [0.717, 1.165) is 0 Å². The number of nitrogens with zero attached hydrogens (tertiary/aromatic N) is 2. The number of carboxylic acids is 1. The molecule has 0 amide bonds. The predicted octanol–water partition coefficient (Wildman–Crippen LogP) is 2.02. The number of fused-ring (bicyclic) bond motifs is 1. The first-order valence-electron chi connectivity index (χ1n) is 4.14. The lowest BCUT2D eigenvalue weighted by Gasteiger charge is -2.00. The largest absolute Gasteiger partial charge is 0.477 e. The first-order chi connectivity index (χ1) is 7.52. The lowest BCUT2D eigenvalue weighted by atomic mass is 10.3. The average molecular weight is 285 g/mol. The van der Waals surface area contributed by atoms with Gasteiger partial charge in [0.05, 0.1) is 11.7 Å². The van der Waals surface area contributed by atoms with Gasteiger partial charge in [-0.3, -0.25) is 4.98 Å². The van der Waals surface area contributed by atoms with Gasteiger partial charge < -0.3 is 10.2 Å². The van der Waals surface area contributed by atoms with Crippen LogP contribution in [0.2, 0.25) is 0 Å². The summed E-state index contributed by atoms with van der Waals surface area (Å²) in [7, 11) is 0. The van der Waals surface area contributed by atoms with Crippen molar-refractivity contribution in [3.05, 3.63) is 28.6 Å². The second-order valence-electron chi connectivity index (χ2n) is 3.01. The summed E-state index contributed by atoms with van der Waals surface area (Å²) in [5.74, 6) is -1.30. The summed E-state index contributed by atoms with van der Waals surface area (Å²) < 4.78 is 1.24. The van der Waals surface area contributed by atoms with Crippen LogP contribution in [-0.4, -0.2) is 31.8 Å². The van der Waals surface area contributed by atoms with E-state index in [1.165, 1.54) is 18.5 Å². The van der Waals surface area contributed by atoms with E-state index in [9.17, 15) is 9.59 Å². The summed E-state index contributed by atoms with van der Waals surface area (Å²) in [5.41, 5.74) is -0.0736. The van der Waals surface area contributed by atoms with Gasteiger partial charge in [-0.05, 0) is 22.0 Å². The van der Waals surface area contributed by atoms with E-state index < -0.39 is 12.1 Å². The van der Waals surface area contributed by atoms with E-state index in [2.05, 4.69) is 20.9 Å². The third-order valence-electron chi connectivity index (χ3n) is 2.09. The number of halogens is 1. The Balaban J connectivity index is 2.92. The van der Waals surface area contributed by atoms with Gasteiger partial charge in [0.2, 0.25) is 0 Å². The normalized spacial score (nSPS) is 10.6. The Kier molecular flexibility index (Phi) is 2.39. The molecule has 0 spiro atoms. The summed E-state index contributed by atoms with van der Waals surface area (Å²) >= 11 is 3.18. The van der Waals surface area contributed by atoms with E-state index in [4.69, 9.17) is 10.2 Å². The van der Waals surface area contributed by atoms with Gasteiger partial charge in [0, 0.05) is 16.1 Å². The molecule has 2 aromatic rings. The van der Waals surface area contributed by atoms with E-state index in [1.807, 2.05) is 0 Å². The highest BCUT2D eigenvalue weighted by Gasteiger charge is 2.20. The molecule has 0 aliphatic rings. The first kappa shape index (κ1) is 10.6. The van der Waals surface area contributed by atoms with Crippen molar-refractivity contribution in [2.24, 2.45) is 0 Å². The molecule has 0 unspecified atom stereocenters. The van der Waals surface area contributed by atoms with Crippen molar-refractivity contribution in [3.8, 4) is 0 Å². The van der Waals surface area contributed by atoms with Gasteiger partial charge in [-0.2, -0.15) is 0 Å². The maximum atomic E-state index is 11.0. The molecular formula is C9H5BrN2O4. The number of carbonyl (C=O) groups is 2. The van der Waals surface area contributed by atoms with Crippen LogP contribution < -0.4 is 0 Å². The molecule has 82 valence electrons. The fraction of sp³-hybridized carbons (Fsp3) is 0. The number of hydrogen-bond acceptors (Lipinski definition) is 3. The summed E-state index contributed by atoms with van der Waals surface area (Å²) in [4.78, 5) is 25.7. The van der Waals surface area contributed by atoms with E-state index in [1.54, 1.807) is 0 Å². The molecule has 2 heterocycles. The number of pyridine rings is 1. The van der Waals surface area contributed by atoms with Crippen molar-refractivity contribution in [2.45, 2.75) is 0 Å². The maximum absolute atomic E-state index is 11.0. The molecule has 0 bridgehead atoms. The Bertz CT molecular complexity index is 605. The Labute approximate surface area is 97.3 Å². The fourth-order valence-electron chi connectivity index (χ4n) is 1.45. The Morgan fingerprint density at radius 3 is 2.56 bits per heavy atom. The zero-order valence-electron chi connectivity index (χ0n) is 7.72. The van der Waals surface area contributed by atoms with Gasteiger partial charge in [0.15, 0.2) is 0 Å². The highest BCUT2D eigenvalue weighted by atomic mass is 79.9. The molecule has 0 saturated carbocycles. The molecule has 7 heteroatoms. The third kappa shape index (κ3) is 1.45. The molecule has 0 atom stereocenters. The number of hydrogen-bond donors (Lipinski definition) is 2. The van der Waals surface area contributed by atoms with Crippen LogP contribution in [0.15, 0.2) is 22.9 Å². The lowest BCUT2D eigenvalue weighted by Crippen LogP contribution is -2.14. The number of rotatable bonds is 1. The summed E-state index contributed by atoms with van der Waals surface area (Å²) in [5, 5.41) is 18.3. The van der Waals surface area contributed by atoms with Gasteiger partial charge in [0.25, 0.3) is 0 Å². The van der Waals surface area contributed by atoms with Crippen LogP contribution in [0.3, 0.4) is 0 Å². The van der Waals surface area contributed by atoms with Crippen LogP contribution in [0.25, 0.3) is 10.9 Å². The van der Waals surface area contributed by atoms with Crippen LogP contribution in [0.1, 0.15) is 10.5 Å². The minimum Gasteiger partial charge on any atom is -0.477 e. The smallest absolute Gasteiger partial charge is 0.416 e. The second kappa shape index (κ2) is 3.60. The number of aromatic carboxylic acids is 1. The van der Waals surface area contributed by atoms with Crippen LogP contribution in [0.5, 0.6) is 0 Å². The second-order valence-corrected chi connectivity index (χ2v) is 3.86. The highest BCUT2D eigenvalue weighted by Crippen LogP contribution is 2.26. The zero-order valence-corrected chi connectivity index (χ0v) is 9.30. The molecule has 0 radical (unpaired) electrons. The highest BCUT2D eigenvalue weighted by molar-refractivity contribution is 9.10. The van der Waals surface area contributed by atoms with Crippen molar-refractivity contribution in [3.63, 3.8) is 0 Å².